The lowest BCUT2D eigenvalue weighted by molar-refractivity contribution is -0.130. The predicted molar refractivity (Wildman–Crippen MR) is 108 cm³/mol. The Bertz CT molecular complexity index is 1110. The van der Waals surface area contributed by atoms with Gasteiger partial charge in [0.05, 0.1) is 11.6 Å². The van der Waals surface area contributed by atoms with Gasteiger partial charge in [-0.15, -0.1) is 6.42 Å². The summed E-state index contributed by atoms with van der Waals surface area (Å²) in [6.45, 7) is 2.83. The Morgan fingerprint density at radius 3 is 2.93 bits per heavy atom. The lowest BCUT2D eigenvalue weighted by atomic mass is 10.1. The maximum atomic E-state index is 12.0. The summed E-state index contributed by atoms with van der Waals surface area (Å²) < 4.78 is 1.74. The molecular weight excluding hydrogens is 354 g/mol. The minimum absolute atomic E-state index is 0.0513. The molecule has 0 spiro atoms. The Balaban J connectivity index is 1.64. The third kappa shape index (κ3) is 3.22. The molecule has 4 rings (SSSR count). The lowest BCUT2D eigenvalue weighted by Crippen LogP contribution is -2.29. The highest BCUT2D eigenvalue weighted by Crippen LogP contribution is 2.26. The topological polar surface area (TPSA) is 102 Å². The number of carbonyl (C=O) groups excluding carboxylic acids is 1. The minimum atomic E-state index is -0.129. The van der Waals surface area contributed by atoms with E-state index in [1.165, 1.54) is 0 Å². The van der Waals surface area contributed by atoms with Crippen molar-refractivity contribution >= 4 is 34.1 Å². The zero-order valence-electron chi connectivity index (χ0n) is 15.8. The number of fused-ring (bicyclic) bond motifs is 2. The second-order valence-electron chi connectivity index (χ2n) is 6.98. The fraction of sp³-hybridized carbons (Fsp3) is 0.300. The summed E-state index contributed by atoms with van der Waals surface area (Å²) in [4.78, 5) is 22.5. The summed E-state index contributed by atoms with van der Waals surface area (Å²) in [6, 6.07) is 5.77. The van der Waals surface area contributed by atoms with E-state index in [1.807, 2.05) is 32.2 Å². The number of terminal acetylenes is 1. The SMILES string of the molecule is C#C[C@@H](C)c1cc2cc(Nc3cc4n(n3)CC(=O)N(C)CC4)ncc2c(N)n1. The van der Waals surface area contributed by atoms with Crippen LogP contribution >= 0.6 is 0 Å². The van der Waals surface area contributed by atoms with E-state index in [0.29, 0.717) is 24.0 Å². The fourth-order valence-electron chi connectivity index (χ4n) is 3.21. The van der Waals surface area contributed by atoms with Crippen molar-refractivity contribution in [1.82, 2.24) is 24.6 Å². The molecule has 0 bridgehead atoms. The minimum Gasteiger partial charge on any atom is -0.383 e. The number of nitrogens with two attached hydrogens (primary N) is 1. The van der Waals surface area contributed by atoms with E-state index >= 15 is 0 Å². The van der Waals surface area contributed by atoms with Crippen molar-refractivity contribution in [1.29, 1.82) is 0 Å². The number of hydrogen-bond acceptors (Lipinski definition) is 6. The van der Waals surface area contributed by atoms with Gasteiger partial charge in [-0.2, -0.15) is 5.10 Å². The van der Waals surface area contributed by atoms with E-state index in [9.17, 15) is 4.79 Å². The number of nitrogens with one attached hydrogen (secondary N) is 1. The Labute approximate surface area is 162 Å². The standard InChI is InChI=1S/C20H21N7O/c1-4-12(2)16-7-13-8-17(22-10-15(13)20(21)23-16)24-18-9-14-5-6-26(3)19(28)11-27(14)25-18/h1,7-10,12H,5-6,11H2,2-3H3,(H2,21,23)(H,22,24,25)/t12-/m1/s1. The molecule has 0 radical (unpaired) electrons. The molecule has 8 nitrogen and oxygen atoms in total. The van der Waals surface area contributed by atoms with Crippen molar-refractivity contribution in [2.24, 2.45) is 0 Å². The summed E-state index contributed by atoms with van der Waals surface area (Å²) >= 11 is 0. The first-order chi connectivity index (χ1) is 13.4. The van der Waals surface area contributed by atoms with Crippen LogP contribution in [-0.2, 0) is 17.8 Å². The summed E-state index contributed by atoms with van der Waals surface area (Å²) in [5.41, 5.74) is 7.83. The molecule has 8 heteroatoms. The van der Waals surface area contributed by atoms with E-state index in [-0.39, 0.29) is 18.4 Å². The van der Waals surface area contributed by atoms with Gasteiger partial charge in [-0.05, 0) is 24.4 Å². The number of nitrogens with zero attached hydrogens (tertiary/aromatic N) is 5. The Hall–Kier alpha value is -3.60. The number of nitrogen functional groups attached to an aromatic ring is 1. The van der Waals surface area contributed by atoms with E-state index in [1.54, 1.807) is 15.8 Å². The molecule has 0 saturated heterocycles. The molecule has 3 aromatic rings. The second-order valence-corrected chi connectivity index (χ2v) is 6.98. The number of likely N-dealkylation sites (N-methyl/N-ethyl adjacent to an activating group) is 1. The molecule has 0 aliphatic carbocycles. The van der Waals surface area contributed by atoms with Gasteiger partial charge in [0, 0.05) is 43.4 Å². The molecule has 1 aliphatic heterocycles. The maximum Gasteiger partial charge on any atom is 0.244 e. The van der Waals surface area contributed by atoms with Crippen LogP contribution in [0.2, 0.25) is 0 Å². The fourth-order valence-corrected chi connectivity index (χ4v) is 3.21. The first-order valence-electron chi connectivity index (χ1n) is 9.04. The highest BCUT2D eigenvalue weighted by atomic mass is 16.2. The van der Waals surface area contributed by atoms with Crippen LogP contribution in [-0.4, -0.2) is 44.1 Å². The molecule has 28 heavy (non-hydrogen) atoms. The number of pyridine rings is 2. The van der Waals surface area contributed by atoms with Crippen molar-refractivity contribution in [3.05, 3.63) is 35.8 Å². The van der Waals surface area contributed by atoms with Gasteiger partial charge in [0.2, 0.25) is 5.91 Å². The van der Waals surface area contributed by atoms with Crippen molar-refractivity contribution in [3.63, 3.8) is 0 Å². The van der Waals surface area contributed by atoms with E-state index in [2.05, 4.69) is 26.3 Å². The molecule has 1 aliphatic rings. The lowest BCUT2D eigenvalue weighted by Gasteiger charge is -2.12. The molecule has 3 aromatic heterocycles. The van der Waals surface area contributed by atoms with E-state index < -0.39 is 0 Å². The van der Waals surface area contributed by atoms with Crippen molar-refractivity contribution in [2.75, 3.05) is 24.6 Å². The largest absolute Gasteiger partial charge is 0.383 e. The average molecular weight is 375 g/mol. The normalized spacial score (nSPS) is 15.0. The summed E-state index contributed by atoms with van der Waals surface area (Å²) in [7, 11) is 1.81. The molecule has 4 heterocycles. The van der Waals surface area contributed by atoms with Crippen LogP contribution in [0.25, 0.3) is 10.8 Å². The van der Waals surface area contributed by atoms with Crippen LogP contribution in [0.4, 0.5) is 17.5 Å². The number of hydrogen-bond donors (Lipinski definition) is 2. The maximum absolute atomic E-state index is 12.0. The summed E-state index contributed by atoms with van der Waals surface area (Å²) in [5.74, 6) is 4.29. The van der Waals surface area contributed by atoms with E-state index in [0.717, 1.165) is 28.6 Å². The van der Waals surface area contributed by atoms with Crippen LogP contribution in [0.3, 0.4) is 0 Å². The molecule has 1 amide bonds. The van der Waals surface area contributed by atoms with Gasteiger partial charge in [0.1, 0.15) is 18.2 Å². The molecular formula is C20H21N7O. The van der Waals surface area contributed by atoms with Crippen LogP contribution in [0, 0.1) is 12.3 Å². The summed E-state index contributed by atoms with van der Waals surface area (Å²) in [6.07, 6.45) is 7.96. The van der Waals surface area contributed by atoms with Crippen molar-refractivity contribution in [2.45, 2.75) is 25.8 Å². The van der Waals surface area contributed by atoms with Gasteiger partial charge >= 0.3 is 0 Å². The third-order valence-electron chi connectivity index (χ3n) is 4.99. The number of amides is 1. The first kappa shape index (κ1) is 17.8. The quantitative estimate of drug-likeness (QED) is 0.678. The molecule has 0 fully saturated rings. The van der Waals surface area contributed by atoms with E-state index in [4.69, 9.17) is 12.2 Å². The van der Waals surface area contributed by atoms with Gasteiger partial charge in [-0.25, -0.2) is 9.97 Å². The molecule has 0 aromatic carbocycles. The number of aromatic nitrogens is 4. The smallest absolute Gasteiger partial charge is 0.244 e. The number of rotatable bonds is 3. The van der Waals surface area contributed by atoms with Crippen molar-refractivity contribution in [3.8, 4) is 12.3 Å². The highest BCUT2D eigenvalue weighted by Gasteiger charge is 2.19. The highest BCUT2D eigenvalue weighted by molar-refractivity contribution is 5.92. The Kier molecular flexibility index (Phi) is 4.35. The van der Waals surface area contributed by atoms with Gasteiger partial charge in [0.15, 0.2) is 5.82 Å². The van der Waals surface area contributed by atoms with Gasteiger partial charge < -0.3 is 16.0 Å². The predicted octanol–water partition coefficient (Wildman–Crippen LogP) is 1.90. The number of anilines is 3. The van der Waals surface area contributed by atoms with Crippen LogP contribution < -0.4 is 11.1 Å². The van der Waals surface area contributed by atoms with Gasteiger partial charge in [-0.1, -0.05) is 5.92 Å². The second kappa shape index (κ2) is 6.85. The van der Waals surface area contributed by atoms with Crippen LogP contribution in [0.15, 0.2) is 24.4 Å². The van der Waals surface area contributed by atoms with Gasteiger partial charge in [-0.3, -0.25) is 9.48 Å². The van der Waals surface area contributed by atoms with Gasteiger partial charge in [0.25, 0.3) is 0 Å². The molecule has 1 atom stereocenters. The molecule has 3 N–H and O–H groups in total. The average Bonchev–Trinajstić information content (AvgIpc) is 3.00. The third-order valence-corrected chi connectivity index (χ3v) is 4.99. The van der Waals surface area contributed by atoms with Crippen LogP contribution in [0.5, 0.6) is 0 Å². The molecule has 0 unspecified atom stereocenters. The number of carbonyl (C=O) groups is 1. The Morgan fingerprint density at radius 2 is 2.14 bits per heavy atom. The monoisotopic (exact) mass is 375 g/mol. The molecule has 0 saturated carbocycles. The van der Waals surface area contributed by atoms with Crippen molar-refractivity contribution < 1.29 is 4.79 Å². The first-order valence-corrected chi connectivity index (χ1v) is 9.04. The molecule has 142 valence electrons. The zero-order valence-corrected chi connectivity index (χ0v) is 15.8. The Morgan fingerprint density at radius 1 is 1.32 bits per heavy atom. The zero-order chi connectivity index (χ0) is 19.8. The summed E-state index contributed by atoms with van der Waals surface area (Å²) in [5, 5.41) is 9.39. The van der Waals surface area contributed by atoms with Crippen LogP contribution in [0.1, 0.15) is 24.2 Å².